The molecule has 42 heavy (non-hydrogen) atoms. The van der Waals surface area contributed by atoms with E-state index < -0.39 is 40.8 Å². The van der Waals surface area contributed by atoms with Crippen molar-refractivity contribution in [2.75, 3.05) is 6.54 Å². The number of nitriles is 1. The molecule has 3 amide bonds. The third-order valence-electron chi connectivity index (χ3n) is 8.11. The molecule has 4 atom stereocenters. The van der Waals surface area contributed by atoms with Crippen molar-refractivity contribution in [2.45, 2.75) is 98.4 Å². The number of thiazole rings is 1. The molecular formula is C32H43N5O4S. The van der Waals surface area contributed by atoms with Gasteiger partial charge in [0, 0.05) is 13.0 Å². The van der Waals surface area contributed by atoms with Crippen molar-refractivity contribution in [2.24, 2.45) is 16.2 Å². The zero-order valence-corrected chi connectivity index (χ0v) is 26.5. The minimum Gasteiger partial charge on any atom is -0.391 e. The van der Waals surface area contributed by atoms with Gasteiger partial charge in [0.1, 0.15) is 17.5 Å². The number of aliphatic hydroxyl groups is 1. The van der Waals surface area contributed by atoms with Crippen LogP contribution in [-0.4, -0.2) is 57.4 Å². The van der Waals surface area contributed by atoms with Gasteiger partial charge >= 0.3 is 0 Å². The Bertz CT molecular complexity index is 1360. The highest BCUT2D eigenvalue weighted by atomic mass is 32.1. The molecule has 0 radical (unpaired) electrons. The summed E-state index contributed by atoms with van der Waals surface area (Å²) in [5.41, 5.74) is 2.95. The van der Waals surface area contributed by atoms with Crippen molar-refractivity contribution in [1.82, 2.24) is 20.5 Å². The predicted molar refractivity (Wildman–Crippen MR) is 162 cm³/mol. The molecule has 2 heterocycles. The van der Waals surface area contributed by atoms with Crippen LogP contribution in [0.4, 0.5) is 0 Å². The molecule has 1 aromatic carbocycles. The normalized spacial score (nSPS) is 21.3. The van der Waals surface area contributed by atoms with Crippen LogP contribution in [0, 0.1) is 34.5 Å². The van der Waals surface area contributed by atoms with E-state index in [1.54, 1.807) is 11.3 Å². The van der Waals surface area contributed by atoms with Gasteiger partial charge in [0.05, 0.1) is 34.3 Å². The average Bonchev–Trinajstić information content (AvgIpc) is 3.44. The summed E-state index contributed by atoms with van der Waals surface area (Å²) in [5, 5.41) is 26.1. The van der Waals surface area contributed by atoms with Crippen LogP contribution in [-0.2, 0) is 14.4 Å². The minimum absolute atomic E-state index is 0.00437. The van der Waals surface area contributed by atoms with Gasteiger partial charge in [-0.15, -0.1) is 11.3 Å². The van der Waals surface area contributed by atoms with Gasteiger partial charge in [0.2, 0.25) is 17.7 Å². The number of benzene rings is 1. The Morgan fingerprint density at radius 1 is 1.14 bits per heavy atom. The van der Waals surface area contributed by atoms with Crippen LogP contribution in [0.5, 0.6) is 0 Å². The lowest BCUT2D eigenvalue weighted by molar-refractivity contribution is -0.144. The van der Waals surface area contributed by atoms with Crippen molar-refractivity contribution < 1.29 is 19.5 Å². The zero-order chi connectivity index (χ0) is 31.0. The molecule has 1 aromatic heterocycles. The van der Waals surface area contributed by atoms with Crippen LogP contribution in [0.1, 0.15) is 84.5 Å². The average molecular weight is 594 g/mol. The Morgan fingerprint density at radius 3 is 2.29 bits per heavy atom. The fourth-order valence-electron chi connectivity index (χ4n) is 5.48. The molecule has 1 aliphatic carbocycles. The fourth-order valence-corrected chi connectivity index (χ4v) is 6.29. The maximum Gasteiger partial charge on any atom is 0.246 e. The van der Waals surface area contributed by atoms with E-state index in [1.165, 1.54) is 4.90 Å². The largest absolute Gasteiger partial charge is 0.391 e. The molecule has 1 aliphatic heterocycles. The van der Waals surface area contributed by atoms with Crippen molar-refractivity contribution in [1.29, 1.82) is 5.26 Å². The van der Waals surface area contributed by atoms with E-state index >= 15 is 0 Å². The van der Waals surface area contributed by atoms with Gasteiger partial charge in [-0.2, -0.15) is 5.26 Å². The van der Waals surface area contributed by atoms with Crippen molar-refractivity contribution in [3.63, 3.8) is 0 Å². The maximum atomic E-state index is 13.9. The van der Waals surface area contributed by atoms with Gasteiger partial charge in [0.25, 0.3) is 0 Å². The first-order valence-corrected chi connectivity index (χ1v) is 15.4. The van der Waals surface area contributed by atoms with Crippen molar-refractivity contribution in [3.8, 4) is 16.5 Å². The van der Waals surface area contributed by atoms with E-state index in [0.717, 1.165) is 21.7 Å². The van der Waals surface area contributed by atoms with Gasteiger partial charge < -0.3 is 20.6 Å². The summed E-state index contributed by atoms with van der Waals surface area (Å²) in [6, 6.07) is 8.04. The van der Waals surface area contributed by atoms with Crippen LogP contribution < -0.4 is 10.6 Å². The Balaban J connectivity index is 1.55. The van der Waals surface area contributed by atoms with E-state index in [2.05, 4.69) is 42.5 Å². The molecule has 9 nitrogen and oxygen atoms in total. The number of aromatic nitrogens is 1. The molecule has 226 valence electrons. The molecule has 4 rings (SSSR count). The lowest BCUT2D eigenvalue weighted by atomic mass is 9.84. The first-order chi connectivity index (χ1) is 19.5. The van der Waals surface area contributed by atoms with E-state index in [4.69, 9.17) is 0 Å². The molecule has 2 fully saturated rings. The number of nitrogens with zero attached hydrogens (tertiary/aromatic N) is 3. The van der Waals surface area contributed by atoms with Gasteiger partial charge in [-0.25, -0.2) is 4.98 Å². The number of aryl methyl sites for hydroxylation is 1. The molecule has 2 aliphatic rings. The lowest BCUT2D eigenvalue weighted by Crippen LogP contribution is -2.58. The maximum absolute atomic E-state index is 13.9. The zero-order valence-electron chi connectivity index (χ0n) is 25.7. The van der Waals surface area contributed by atoms with Gasteiger partial charge in [0.15, 0.2) is 0 Å². The molecule has 1 saturated heterocycles. The predicted octanol–water partition coefficient (Wildman–Crippen LogP) is 4.51. The number of carbonyl (C=O) groups is 3. The van der Waals surface area contributed by atoms with E-state index in [0.29, 0.717) is 19.3 Å². The summed E-state index contributed by atoms with van der Waals surface area (Å²) in [6.07, 6.45) is 0.841. The van der Waals surface area contributed by atoms with Gasteiger partial charge in [-0.05, 0) is 48.1 Å². The number of nitrogens with one attached hydrogen (secondary N) is 2. The van der Waals surface area contributed by atoms with Crippen LogP contribution in [0.15, 0.2) is 29.8 Å². The Morgan fingerprint density at radius 2 is 1.79 bits per heavy atom. The van der Waals surface area contributed by atoms with Gasteiger partial charge in [-0.3, -0.25) is 14.4 Å². The molecular weight excluding hydrogens is 550 g/mol. The molecule has 2 aromatic rings. The molecule has 3 N–H and O–H groups in total. The van der Waals surface area contributed by atoms with Crippen LogP contribution in [0.2, 0.25) is 0 Å². The molecule has 10 heteroatoms. The first kappa shape index (κ1) is 31.6. The van der Waals surface area contributed by atoms with Gasteiger partial charge in [-0.1, -0.05) is 65.8 Å². The summed E-state index contributed by atoms with van der Waals surface area (Å²) in [4.78, 5) is 47.5. The van der Waals surface area contributed by atoms with Crippen LogP contribution in [0.25, 0.3) is 10.4 Å². The molecule has 0 bridgehead atoms. The number of β-amino-alcohol motifs (C(OH)–C–C–N with tert-alkyl or cyclic N) is 1. The number of likely N-dealkylation sites (tertiary alicyclic amines) is 1. The number of amides is 3. The van der Waals surface area contributed by atoms with Crippen molar-refractivity contribution >= 4 is 29.1 Å². The monoisotopic (exact) mass is 593 g/mol. The topological polar surface area (TPSA) is 135 Å². The highest BCUT2D eigenvalue weighted by Crippen LogP contribution is 2.45. The number of hydrogen-bond donors (Lipinski definition) is 3. The SMILES string of the molecule is Cc1ncsc1-c1ccc([C@H](CC(C)(C)C)NC(=O)[C@@H]2C[C@@H](O)CN2C(=O)[C@@H](NC(=O)C2(C#N)CC2)C(C)(C)C)cc1. The number of aliphatic hydroxyl groups excluding tert-OH is 1. The summed E-state index contributed by atoms with van der Waals surface area (Å²) in [6.45, 7) is 13.8. The molecule has 1 saturated carbocycles. The number of hydrogen-bond acceptors (Lipinski definition) is 7. The lowest BCUT2D eigenvalue weighted by Gasteiger charge is -2.36. The highest BCUT2D eigenvalue weighted by molar-refractivity contribution is 7.13. The van der Waals surface area contributed by atoms with E-state index in [-0.39, 0.29) is 30.3 Å². The second-order valence-corrected chi connectivity index (χ2v) is 14.9. The Labute approximate surface area is 252 Å². The number of rotatable bonds is 8. The summed E-state index contributed by atoms with van der Waals surface area (Å²) < 4.78 is 0. The second kappa shape index (κ2) is 11.8. The smallest absolute Gasteiger partial charge is 0.246 e. The van der Waals surface area contributed by atoms with E-state index in [1.807, 2.05) is 57.5 Å². The van der Waals surface area contributed by atoms with E-state index in [9.17, 15) is 24.8 Å². The highest BCUT2D eigenvalue weighted by Gasteiger charge is 2.53. The third kappa shape index (κ3) is 7.01. The standard InChI is InChI=1S/C32H43N5O4S/c1-19-25(42-18-34-19)21-10-8-20(9-11-21)23(15-30(2,3)4)35-27(39)24-14-22(38)16-37(24)28(40)26(31(5,6)7)36-29(41)32(17-33)12-13-32/h8-11,18,22-24,26,38H,12-16H2,1-7H3,(H,35,39)(H,36,41)/t22-,23+,24+,26-/m1/s1. The molecule has 0 spiro atoms. The minimum atomic E-state index is -1.08. The van der Waals surface area contributed by atoms with Crippen LogP contribution in [0.3, 0.4) is 0 Å². The van der Waals surface area contributed by atoms with Crippen LogP contribution >= 0.6 is 11.3 Å². The second-order valence-electron chi connectivity index (χ2n) is 14.1. The summed E-state index contributed by atoms with van der Waals surface area (Å²) in [7, 11) is 0. The Hall–Kier alpha value is -3.29. The first-order valence-electron chi connectivity index (χ1n) is 14.6. The number of carbonyl (C=O) groups excluding carboxylic acids is 3. The third-order valence-corrected chi connectivity index (χ3v) is 9.08. The van der Waals surface area contributed by atoms with Crippen molar-refractivity contribution in [3.05, 3.63) is 41.0 Å². The molecule has 0 unspecified atom stereocenters. The Kier molecular flexibility index (Phi) is 8.87. The summed E-state index contributed by atoms with van der Waals surface area (Å²) >= 11 is 1.59. The summed E-state index contributed by atoms with van der Waals surface area (Å²) in [5.74, 6) is -1.23. The quantitative estimate of drug-likeness (QED) is 0.412. The fraction of sp³-hybridized carbons (Fsp3) is 0.594.